The Balaban J connectivity index is 2.24. The number of rotatable bonds is 6. The Kier molecular flexibility index (Phi) is 4.65. The van der Waals surface area contributed by atoms with Gasteiger partial charge >= 0.3 is 0 Å². The van der Waals surface area contributed by atoms with Crippen molar-refractivity contribution < 1.29 is 9.72 Å². The fourth-order valence-corrected chi connectivity index (χ4v) is 3.26. The van der Waals surface area contributed by atoms with Gasteiger partial charge in [-0.05, 0) is 6.07 Å². The van der Waals surface area contributed by atoms with E-state index in [2.05, 4.69) is 4.98 Å². The zero-order chi connectivity index (χ0) is 16.3. The molecule has 0 N–H and O–H groups in total. The lowest BCUT2D eigenvalue weighted by Crippen LogP contribution is -2.32. The van der Waals surface area contributed by atoms with Crippen LogP contribution in [0.4, 0.5) is 5.69 Å². The highest BCUT2D eigenvalue weighted by molar-refractivity contribution is 8.00. The summed E-state index contributed by atoms with van der Waals surface area (Å²) in [5.41, 5.74) is -0.302. The lowest BCUT2D eigenvalue weighted by Gasteiger charge is -2.30. The third-order valence-electron chi connectivity index (χ3n) is 3.72. The Hall–Kier alpha value is -2.15. The van der Waals surface area contributed by atoms with Crippen LogP contribution in [0.5, 0.6) is 0 Å². The van der Waals surface area contributed by atoms with E-state index in [0.717, 1.165) is 11.3 Å². The highest BCUT2D eigenvalue weighted by atomic mass is 32.2. The molecule has 2 rings (SSSR count). The Morgan fingerprint density at radius 2 is 2.18 bits per heavy atom. The number of nitro groups is 1. The Morgan fingerprint density at radius 3 is 2.82 bits per heavy atom. The molecule has 1 unspecified atom stereocenters. The number of imidazole rings is 1. The number of non-ortho nitro benzene ring substituents is 1. The molecule has 1 aromatic carbocycles. The molecular formula is C15H17N3O3S. The molecule has 1 atom stereocenters. The molecule has 1 aromatic heterocycles. The third kappa shape index (κ3) is 3.19. The van der Waals surface area contributed by atoms with Gasteiger partial charge in [0.05, 0.1) is 4.92 Å². The SMILES string of the molecule is CC(Sc1cccc([N+](=O)[O-])c1)C(C)(C)c1nccn1C=O. The van der Waals surface area contributed by atoms with Crippen molar-refractivity contribution in [3.05, 3.63) is 52.6 Å². The minimum Gasteiger partial charge on any atom is -0.278 e. The fraction of sp³-hybridized carbons (Fsp3) is 0.333. The summed E-state index contributed by atoms with van der Waals surface area (Å²) in [4.78, 5) is 26.6. The molecule has 0 saturated heterocycles. The van der Waals surface area contributed by atoms with Gasteiger partial charge in [0.2, 0.25) is 6.41 Å². The topological polar surface area (TPSA) is 78.0 Å². The van der Waals surface area contributed by atoms with E-state index in [-0.39, 0.29) is 16.4 Å². The number of nitrogens with zero attached hydrogens (tertiary/aromatic N) is 3. The van der Waals surface area contributed by atoms with Gasteiger partial charge in [-0.3, -0.25) is 19.5 Å². The van der Waals surface area contributed by atoms with Gasteiger partial charge in [0.15, 0.2) is 0 Å². The molecule has 0 aliphatic rings. The quantitative estimate of drug-likeness (QED) is 0.353. The zero-order valence-corrected chi connectivity index (χ0v) is 13.4. The molecule has 2 aromatic rings. The molecule has 0 bridgehead atoms. The highest BCUT2D eigenvalue weighted by Gasteiger charge is 2.33. The number of hydrogen-bond donors (Lipinski definition) is 0. The van der Waals surface area contributed by atoms with Crippen molar-refractivity contribution in [1.29, 1.82) is 0 Å². The first kappa shape index (κ1) is 16.2. The van der Waals surface area contributed by atoms with Gasteiger partial charge in [-0.2, -0.15) is 0 Å². The van der Waals surface area contributed by atoms with E-state index in [1.165, 1.54) is 22.4 Å². The zero-order valence-electron chi connectivity index (χ0n) is 12.6. The summed E-state index contributed by atoms with van der Waals surface area (Å²) in [6.45, 7) is 6.03. The first-order valence-electron chi connectivity index (χ1n) is 6.76. The van der Waals surface area contributed by atoms with Gasteiger partial charge in [-0.1, -0.05) is 26.8 Å². The van der Waals surface area contributed by atoms with Gasteiger partial charge in [0.25, 0.3) is 5.69 Å². The summed E-state index contributed by atoms with van der Waals surface area (Å²) in [6, 6.07) is 6.55. The maximum atomic E-state index is 11.1. The van der Waals surface area contributed by atoms with E-state index >= 15 is 0 Å². The number of nitro benzene ring substituents is 1. The Morgan fingerprint density at radius 1 is 1.45 bits per heavy atom. The molecule has 6 nitrogen and oxygen atoms in total. The molecule has 7 heteroatoms. The van der Waals surface area contributed by atoms with E-state index in [1.54, 1.807) is 24.5 Å². The lowest BCUT2D eigenvalue weighted by molar-refractivity contribution is -0.385. The van der Waals surface area contributed by atoms with Gasteiger partial charge in [0.1, 0.15) is 5.82 Å². The molecule has 0 radical (unpaired) electrons. The van der Waals surface area contributed by atoms with Crippen LogP contribution in [0, 0.1) is 10.1 Å². The monoisotopic (exact) mass is 319 g/mol. The van der Waals surface area contributed by atoms with Crippen LogP contribution < -0.4 is 0 Å². The molecule has 0 spiro atoms. The molecule has 0 amide bonds. The summed E-state index contributed by atoms with van der Waals surface area (Å²) in [7, 11) is 0. The first-order chi connectivity index (χ1) is 10.4. The van der Waals surface area contributed by atoms with E-state index in [1.807, 2.05) is 26.8 Å². The van der Waals surface area contributed by atoms with Crippen LogP contribution in [0.25, 0.3) is 0 Å². The summed E-state index contributed by atoms with van der Waals surface area (Å²) < 4.78 is 1.46. The summed E-state index contributed by atoms with van der Waals surface area (Å²) in [6.07, 6.45) is 3.94. The molecule has 0 fully saturated rings. The van der Waals surface area contributed by atoms with Crippen molar-refractivity contribution in [2.75, 3.05) is 0 Å². The van der Waals surface area contributed by atoms with Crippen LogP contribution in [-0.2, 0) is 10.2 Å². The van der Waals surface area contributed by atoms with Crippen molar-refractivity contribution in [3.63, 3.8) is 0 Å². The highest BCUT2D eigenvalue weighted by Crippen LogP contribution is 2.37. The second-order valence-electron chi connectivity index (χ2n) is 5.50. The Bertz CT molecular complexity index is 697. The summed E-state index contributed by atoms with van der Waals surface area (Å²) >= 11 is 1.53. The second-order valence-corrected chi connectivity index (χ2v) is 6.91. The van der Waals surface area contributed by atoms with Crippen LogP contribution >= 0.6 is 11.8 Å². The van der Waals surface area contributed by atoms with Crippen molar-refractivity contribution in [3.8, 4) is 0 Å². The van der Waals surface area contributed by atoms with E-state index < -0.39 is 4.92 Å². The molecule has 0 saturated carbocycles. The van der Waals surface area contributed by atoms with E-state index in [0.29, 0.717) is 5.82 Å². The lowest BCUT2D eigenvalue weighted by atomic mass is 9.88. The van der Waals surface area contributed by atoms with Crippen LogP contribution in [-0.4, -0.2) is 26.1 Å². The van der Waals surface area contributed by atoms with Gasteiger partial charge < -0.3 is 0 Å². The Labute approximate surface area is 132 Å². The summed E-state index contributed by atoms with van der Waals surface area (Å²) in [5.74, 6) is 0.674. The van der Waals surface area contributed by atoms with Crippen LogP contribution in [0.1, 0.15) is 26.6 Å². The van der Waals surface area contributed by atoms with Gasteiger partial charge in [-0.15, -0.1) is 11.8 Å². The minimum absolute atomic E-state index is 0.0654. The fourth-order valence-electron chi connectivity index (χ4n) is 2.10. The van der Waals surface area contributed by atoms with Crippen molar-refractivity contribution in [2.45, 2.75) is 36.3 Å². The molecule has 0 aliphatic heterocycles. The minimum atomic E-state index is -0.404. The normalized spacial score (nSPS) is 12.9. The number of thioether (sulfide) groups is 1. The predicted octanol–water partition coefficient (Wildman–Crippen LogP) is 3.29. The molecule has 0 aliphatic carbocycles. The maximum absolute atomic E-state index is 11.1. The van der Waals surface area contributed by atoms with E-state index in [9.17, 15) is 14.9 Å². The van der Waals surface area contributed by atoms with Gasteiger partial charge in [-0.25, -0.2) is 4.98 Å². The third-order valence-corrected chi connectivity index (χ3v) is 5.19. The van der Waals surface area contributed by atoms with E-state index in [4.69, 9.17) is 0 Å². The van der Waals surface area contributed by atoms with Crippen molar-refractivity contribution in [1.82, 2.24) is 9.55 Å². The number of carbonyl (C=O) groups excluding carboxylic acids is 1. The molecule has 22 heavy (non-hydrogen) atoms. The standard InChI is InChI=1S/C15H17N3O3S/c1-11(15(2,3)14-16-7-8-17(14)10-19)22-13-6-4-5-12(9-13)18(20)21/h4-11H,1-3H3. The second kappa shape index (κ2) is 6.31. The maximum Gasteiger partial charge on any atom is 0.270 e. The van der Waals surface area contributed by atoms with Crippen LogP contribution in [0.15, 0.2) is 41.6 Å². The number of benzene rings is 1. The van der Waals surface area contributed by atoms with Crippen LogP contribution in [0.3, 0.4) is 0 Å². The number of aromatic nitrogens is 2. The molecule has 116 valence electrons. The van der Waals surface area contributed by atoms with Crippen molar-refractivity contribution in [2.24, 2.45) is 0 Å². The largest absolute Gasteiger partial charge is 0.278 e. The van der Waals surface area contributed by atoms with Crippen LogP contribution in [0.2, 0.25) is 0 Å². The number of carbonyl (C=O) groups is 1. The van der Waals surface area contributed by atoms with Crippen molar-refractivity contribution >= 4 is 23.9 Å². The summed E-state index contributed by atoms with van der Waals surface area (Å²) in [5, 5.41) is 10.9. The number of hydrogen-bond acceptors (Lipinski definition) is 5. The first-order valence-corrected chi connectivity index (χ1v) is 7.64. The molecular weight excluding hydrogens is 302 g/mol. The average molecular weight is 319 g/mol. The molecule has 1 heterocycles. The van der Waals surface area contributed by atoms with Gasteiger partial charge in [0, 0.05) is 40.1 Å². The smallest absolute Gasteiger partial charge is 0.270 e. The predicted molar refractivity (Wildman–Crippen MR) is 85.8 cm³/mol. The average Bonchev–Trinajstić information content (AvgIpc) is 2.96.